The van der Waals surface area contributed by atoms with Gasteiger partial charge in [-0.2, -0.15) is 4.74 Å². The van der Waals surface area contributed by atoms with Gasteiger partial charge in [-0.3, -0.25) is 0 Å². The number of hydroxylamine groups is 1. The molecule has 0 radical (unpaired) electrons. The first-order valence-electron chi connectivity index (χ1n) is 8.31. The maximum Gasteiger partial charge on any atom is 0.319 e. The van der Waals surface area contributed by atoms with E-state index in [1.54, 1.807) is 0 Å². The molecule has 25 heavy (non-hydrogen) atoms. The van der Waals surface area contributed by atoms with Gasteiger partial charge in [0.05, 0.1) is 11.1 Å². The molecule has 3 nitrogen and oxygen atoms in total. The van der Waals surface area contributed by atoms with E-state index in [4.69, 9.17) is 4.99 Å². The summed E-state index contributed by atoms with van der Waals surface area (Å²) < 4.78 is 1.06. The van der Waals surface area contributed by atoms with E-state index >= 15 is 0 Å². The van der Waals surface area contributed by atoms with E-state index in [0.717, 1.165) is 27.1 Å². The van der Waals surface area contributed by atoms with Crippen LogP contribution in [-0.2, 0) is 5.66 Å². The molecule has 0 amide bonds. The molecular formula is C22H18N2O. The third-order valence-electron chi connectivity index (χ3n) is 4.57. The third-order valence-corrected chi connectivity index (χ3v) is 4.57. The quantitative estimate of drug-likeness (QED) is 0.520. The SMILES string of the molecule is CC1=NC(c2ccccc2)(c2ccccc2)[N+]([O-])=C1c1ccccc1. The molecule has 1 aliphatic heterocycles. The fraction of sp³-hybridized carbons (Fsp3) is 0.0909. The van der Waals surface area contributed by atoms with Gasteiger partial charge in [-0.15, -0.1) is 0 Å². The summed E-state index contributed by atoms with van der Waals surface area (Å²) in [4.78, 5) is 4.89. The Labute approximate surface area is 147 Å². The van der Waals surface area contributed by atoms with Crippen molar-refractivity contribution in [2.75, 3.05) is 0 Å². The number of nitrogens with zero attached hydrogens (tertiary/aromatic N) is 2. The summed E-state index contributed by atoms with van der Waals surface area (Å²) in [5.41, 5.74) is 2.88. The Morgan fingerprint density at radius 3 is 1.64 bits per heavy atom. The standard InChI is InChI=1S/C22H18N2O/c1-17-21(18-11-5-2-6-12-18)24(25)22(23-17,19-13-7-3-8-14-19)20-15-9-4-10-16-20/h2-16H,1H3. The van der Waals surface area contributed by atoms with Crippen LogP contribution in [0.15, 0.2) is 96.0 Å². The molecule has 0 spiro atoms. The van der Waals surface area contributed by atoms with Gasteiger partial charge in [0.2, 0.25) is 5.71 Å². The Hall–Kier alpha value is -3.20. The number of hydrogen-bond acceptors (Lipinski definition) is 2. The molecular weight excluding hydrogens is 308 g/mol. The summed E-state index contributed by atoms with van der Waals surface area (Å²) >= 11 is 0. The lowest BCUT2D eigenvalue weighted by Crippen LogP contribution is -2.35. The van der Waals surface area contributed by atoms with Gasteiger partial charge < -0.3 is 5.21 Å². The average Bonchev–Trinajstić information content (AvgIpc) is 2.95. The van der Waals surface area contributed by atoms with Crippen LogP contribution in [0.3, 0.4) is 0 Å². The van der Waals surface area contributed by atoms with Gasteiger partial charge in [-0.1, -0.05) is 54.6 Å². The maximum absolute atomic E-state index is 13.6. The lowest BCUT2D eigenvalue weighted by Gasteiger charge is -2.26. The van der Waals surface area contributed by atoms with E-state index in [0.29, 0.717) is 5.71 Å². The summed E-state index contributed by atoms with van der Waals surface area (Å²) in [5, 5.41) is 13.6. The highest BCUT2D eigenvalue weighted by molar-refractivity contribution is 6.46. The second-order valence-electron chi connectivity index (χ2n) is 6.11. The minimum Gasteiger partial charge on any atom is -0.621 e. The summed E-state index contributed by atoms with van der Waals surface area (Å²) in [5.74, 6) is 0. The van der Waals surface area contributed by atoms with Crippen LogP contribution >= 0.6 is 0 Å². The smallest absolute Gasteiger partial charge is 0.319 e. The number of rotatable bonds is 3. The largest absolute Gasteiger partial charge is 0.621 e. The second-order valence-corrected chi connectivity index (χ2v) is 6.11. The number of aliphatic imine (C=N–C) groups is 1. The number of hydrogen-bond donors (Lipinski definition) is 0. The van der Waals surface area contributed by atoms with Gasteiger partial charge in [0.15, 0.2) is 0 Å². The minimum atomic E-state index is -1.09. The highest BCUT2D eigenvalue weighted by Gasteiger charge is 2.49. The van der Waals surface area contributed by atoms with E-state index in [1.807, 2.05) is 97.9 Å². The molecule has 0 bridgehead atoms. The summed E-state index contributed by atoms with van der Waals surface area (Å²) in [6.45, 7) is 1.90. The van der Waals surface area contributed by atoms with E-state index in [-0.39, 0.29) is 0 Å². The summed E-state index contributed by atoms with van der Waals surface area (Å²) in [6, 6.07) is 29.2. The molecule has 3 aromatic rings. The van der Waals surface area contributed by atoms with Crippen molar-refractivity contribution in [1.82, 2.24) is 0 Å². The fourth-order valence-corrected chi connectivity index (χ4v) is 3.44. The van der Waals surface area contributed by atoms with Crippen molar-refractivity contribution in [3.05, 3.63) is 113 Å². The van der Waals surface area contributed by atoms with E-state index in [9.17, 15) is 5.21 Å². The van der Waals surface area contributed by atoms with Gasteiger partial charge in [-0.05, 0) is 43.3 Å². The van der Waals surface area contributed by atoms with Crippen LogP contribution in [0.1, 0.15) is 23.6 Å². The van der Waals surface area contributed by atoms with Crippen molar-refractivity contribution < 1.29 is 4.74 Å². The number of benzene rings is 3. The maximum atomic E-state index is 13.6. The molecule has 3 heteroatoms. The van der Waals surface area contributed by atoms with E-state index < -0.39 is 5.66 Å². The Kier molecular flexibility index (Phi) is 3.69. The molecule has 0 fully saturated rings. The Morgan fingerprint density at radius 2 is 1.16 bits per heavy atom. The van der Waals surface area contributed by atoms with Crippen molar-refractivity contribution in [3.8, 4) is 0 Å². The molecule has 0 unspecified atom stereocenters. The van der Waals surface area contributed by atoms with Gasteiger partial charge >= 0.3 is 5.66 Å². The molecule has 1 heterocycles. The normalized spacial score (nSPS) is 16.0. The van der Waals surface area contributed by atoms with Crippen LogP contribution in [0.25, 0.3) is 0 Å². The average molecular weight is 326 g/mol. The Bertz CT molecular complexity index is 906. The lowest BCUT2D eigenvalue weighted by atomic mass is 9.92. The summed E-state index contributed by atoms with van der Waals surface area (Å²) in [7, 11) is 0. The minimum absolute atomic E-state index is 0.619. The zero-order valence-corrected chi connectivity index (χ0v) is 14.0. The van der Waals surface area contributed by atoms with Gasteiger partial charge in [-0.25, -0.2) is 4.99 Å². The molecule has 122 valence electrons. The lowest BCUT2D eigenvalue weighted by molar-refractivity contribution is -0.537. The molecule has 0 atom stereocenters. The molecule has 3 aromatic carbocycles. The first-order chi connectivity index (χ1) is 12.2. The molecule has 0 aromatic heterocycles. The predicted molar refractivity (Wildman–Crippen MR) is 101 cm³/mol. The molecule has 0 saturated carbocycles. The molecule has 0 N–H and O–H groups in total. The van der Waals surface area contributed by atoms with Gasteiger partial charge in [0.25, 0.3) is 0 Å². The predicted octanol–water partition coefficient (Wildman–Crippen LogP) is 4.36. The van der Waals surface area contributed by atoms with Gasteiger partial charge in [0, 0.05) is 5.56 Å². The zero-order chi connectivity index (χ0) is 17.3. The monoisotopic (exact) mass is 326 g/mol. The molecule has 1 aliphatic rings. The molecule has 0 aliphatic carbocycles. The fourth-order valence-electron chi connectivity index (χ4n) is 3.44. The van der Waals surface area contributed by atoms with Crippen molar-refractivity contribution in [3.63, 3.8) is 0 Å². The van der Waals surface area contributed by atoms with Crippen LogP contribution in [0.4, 0.5) is 0 Å². The van der Waals surface area contributed by atoms with Crippen LogP contribution < -0.4 is 0 Å². The Morgan fingerprint density at radius 1 is 0.720 bits per heavy atom. The van der Waals surface area contributed by atoms with E-state index in [1.165, 1.54) is 0 Å². The second kappa shape index (κ2) is 6.02. The van der Waals surface area contributed by atoms with Crippen molar-refractivity contribution in [1.29, 1.82) is 0 Å². The van der Waals surface area contributed by atoms with Crippen LogP contribution in [-0.4, -0.2) is 16.2 Å². The molecule has 4 rings (SSSR count). The van der Waals surface area contributed by atoms with Crippen molar-refractivity contribution in [2.45, 2.75) is 12.6 Å². The van der Waals surface area contributed by atoms with Crippen molar-refractivity contribution >= 4 is 11.4 Å². The van der Waals surface area contributed by atoms with Crippen LogP contribution in [0.2, 0.25) is 0 Å². The van der Waals surface area contributed by atoms with Crippen molar-refractivity contribution in [2.24, 2.45) is 4.99 Å². The van der Waals surface area contributed by atoms with Crippen LogP contribution in [0.5, 0.6) is 0 Å². The zero-order valence-electron chi connectivity index (χ0n) is 14.0. The molecule has 0 saturated heterocycles. The van der Waals surface area contributed by atoms with E-state index in [2.05, 4.69) is 0 Å². The van der Waals surface area contributed by atoms with Crippen LogP contribution in [0, 0.1) is 5.21 Å². The summed E-state index contributed by atoms with van der Waals surface area (Å²) in [6.07, 6.45) is 0. The topological polar surface area (TPSA) is 38.4 Å². The first kappa shape index (κ1) is 15.3. The first-order valence-corrected chi connectivity index (χ1v) is 8.31. The third kappa shape index (κ3) is 2.36. The van der Waals surface area contributed by atoms with Gasteiger partial charge in [0.1, 0.15) is 5.71 Å². The Balaban J connectivity index is 2.02. The highest BCUT2D eigenvalue weighted by atomic mass is 16.5. The highest BCUT2D eigenvalue weighted by Crippen LogP contribution is 2.38.